The topological polar surface area (TPSA) is 20.2 Å². The summed E-state index contributed by atoms with van der Waals surface area (Å²) in [5, 5.41) is 10.5. The molecule has 0 fully saturated rings. The molecule has 2 rings (SSSR count). The van der Waals surface area contributed by atoms with Gasteiger partial charge in [0.2, 0.25) is 0 Å². The lowest BCUT2D eigenvalue weighted by molar-refractivity contribution is 0.0597. The first-order valence-corrected chi connectivity index (χ1v) is 6.58. The quantitative estimate of drug-likeness (QED) is 0.900. The van der Waals surface area contributed by atoms with Crippen LogP contribution in [0.15, 0.2) is 42.5 Å². The van der Waals surface area contributed by atoms with Crippen LogP contribution < -0.4 is 0 Å². The van der Waals surface area contributed by atoms with Crippen LogP contribution in [-0.2, 0) is 12.8 Å². The molecule has 0 bridgehead atoms. The Balaban J connectivity index is 2.17. The average Bonchev–Trinajstić information content (AvgIpc) is 2.35. The predicted octanol–water partition coefficient (Wildman–Crippen LogP) is 3.81. The van der Waals surface area contributed by atoms with Gasteiger partial charge in [0.15, 0.2) is 0 Å². The van der Waals surface area contributed by atoms with Crippen LogP contribution in [0.2, 0.25) is 0 Å². The van der Waals surface area contributed by atoms with Crippen LogP contribution in [0, 0.1) is 18.6 Å². The number of rotatable bonds is 4. The molecule has 0 aliphatic rings. The Morgan fingerprint density at radius 3 is 2.30 bits per heavy atom. The zero-order valence-corrected chi connectivity index (χ0v) is 11.7. The summed E-state index contributed by atoms with van der Waals surface area (Å²) in [7, 11) is 0. The van der Waals surface area contributed by atoms with Crippen molar-refractivity contribution in [1.82, 2.24) is 0 Å². The Labute approximate surface area is 117 Å². The fraction of sp³-hybridized carbons (Fsp3) is 0.294. The molecular formula is C17H18F2O. The van der Waals surface area contributed by atoms with Crippen LogP contribution in [-0.4, -0.2) is 10.7 Å². The fourth-order valence-corrected chi connectivity index (χ4v) is 2.38. The molecule has 0 amide bonds. The highest BCUT2D eigenvalue weighted by molar-refractivity contribution is 5.29. The monoisotopic (exact) mass is 276 g/mol. The maximum absolute atomic E-state index is 13.6. The van der Waals surface area contributed by atoms with Gasteiger partial charge in [-0.15, -0.1) is 0 Å². The van der Waals surface area contributed by atoms with E-state index in [1.165, 1.54) is 18.2 Å². The number of hydrogen-bond acceptors (Lipinski definition) is 1. The molecule has 1 unspecified atom stereocenters. The van der Waals surface area contributed by atoms with E-state index in [0.29, 0.717) is 12.0 Å². The van der Waals surface area contributed by atoms with Crippen LogP contribution in [0.3, 0.4) is 0 Å². The van der Waals surface area contributed by atoms with Crippen molar-refractivity contribution in [1.29, 1.82) is 0 Å². The molecule has 1 atom stereocenters. The van der Waals surface area contributed by atoms with Crippen LogP contribution >= 0.6 is 0 Å². The van der Waals surface area contributed by atoms with Crippen molar-refractivity contribution in [3.05, 3.63) is 70.8 Å². The minimum absolute atomic E-state index is 0.219. The lowest BCUT2D eigenvalue weighted by atomic mass is 9.88. The lowest BCUT2D eigenvalue weighted by Crippen LogP contribution is -2.30. The molecule has 20 heavy (non-hydrogen) atoms. The molecule has 0 radical (unpaired) electrons. The first-order chi connectivity index (χ1) is 9.37. The summed E-state index contributed by atoms with van der Waals surface area (Å²) in [5.74, 6) is -0.608. The first-order valence-electron chi connectivity index (χ1n) is 6.58. The number of benzene rings is 2. The van der Waals surface area contributed by atoms with Gasteiger partial charge < -0.3 is 5.11 Å². The van der Waals surface area contributed by atoms with Gasteiger partial charge >= 0.3 is 0 Å². The van der Waals surface area contributed by atoms with Gasteiger partial charge in [0, 0.05) is 12.8 Å². The van der Waals surface area contributed by atoms with E-state index in [2.05, 4.69) is 0 Å². The highest BCUT2D eigenvalue weighted by atomic mass is 19.1. The molecule has 1 N–H and O–H groups in total. The molecule has 2 aromatic carbocycles. The second-order valence-corrected chi connectivity index (χ2v) is 5.51. The average molecular weight is 276 g/mol. The Kier molecular flexibility index (Phi) is 4.19. The fourth-order valence-electron chi connectivity index (χ4n) is 2.38. The van der Waals surface area contributed by atoms with E-state index in [1.807, 2.05) is 0 Å². The van der Waals surface area contributed by atoms with E-state index in [1.54, 1.807) is 38.1 Å². The third kappa shape index (κ3) is 3.64. The molecular weight excluding hydrogens is 258 g/mol. The Hall–Kier alpha value is -1.74. The van der Waals surface area contributed by atoms with Crippen molar-refractivity contribution in [3.8, 4) is 0 Å². The minimum atomic E-state index is -1.08. The van der Waals surface area contributed by atoms with Crippen molar-refractivity contribution in [3.63, 3.8) is 0 Å². The maximum atomic E-state index is 13.6. The summed E-state index contributed by atoms with van der Waals surface area (Å²) < 4.78 is 26.7. The molecule has 0 aliphatic heterocycles. The SMILES string of the molecule is Cc1cc(F)ccc1CC(C)(O)Cc1ccccc1F. The molecule has 0 saturated carbocycles. The molecule has 2 aromatic rings. The van der Waals surface area contributed by atoms with Crippen LogP contribution in [0.4, 0.5) is 8.78 Å². The van der Waals surface area contributed by atoms with Gasteiger partial charge in [-0.25, -0.2) is 8.78 Å². The van der Waals surface area contributed by atoms with Crippen molar-refractivity contribution in [2.45, 2.75) is 32.3 Å². The molecule has 106 valence electrons. The Morgan fingerprint density at radius 1 is 1.00 bits per heavy atom. The molecule has 0 aromatic heterocycles. The van der Waals surface area contributed by atoms with Crippen molar-refractivity contribution in [2.75, 3.05) is 0 Å². The van der Waals surface area contributed by atoms with E-state index >= 15 is 0 Å². The summed E-state index contributed by atoms with van der Waals surface area (Å²) >= 11 is 0. The zero-order chi connectivity index (χ0) is 14.8. The van der Waals surface area contributed by atoms with Gasteiger partial charge in [-0.1, -0.05) is 24.3 Å². The first kappa shape index (κ1) is 14.7. The van der Waals surface area contributed by atoms with Crippen LogP contribution in [0.1, 0.15) is 23.6 Å². The second kappa shape index (κ2) is 5.71. The van der Waals surface area contributed by atoms with Gasteiger partial charge in [-0.3, -0.25) is 0 Å². The van der Waals surface area contributed by atoms with Gasteiger partial charge in [0.25, 0.3) is 0 Å². The number of aliphatic hydroxyl groups is 1. The van der Waals surface area contributed by atoms with Crippen molar-refractivity contribution >= 4 is 0 Å². The van der Waals surface area contributed by atoms with Gasteiger partial charge in [-0.2, -0.15) is 0 Å². The Morgan fingerprint density at radius 2 is 1.65 bits per heavy atom. The van der Waals surface area contributed by atoms with E-state index in [0.717, 1.165) is 11.1 Å². The second-order valence-electron chi connectivity index (χ2n) is 5.51. The van der Waals surface area contributed by atoms with E-state index < -0.39 is 5.60 Å². The normalized spacial score (nSPS) is 14.1. The number of halogens is 2. The van der Waals surface area contributed by atoms with Crippen molar-refractivity contribution in [2.24, 2.45) is 0 Å². The summed E-state index contributed by atoms with van der Waals surface area (Å²) in [5.41, 5.74) is 1.06. The molecule has 0 aliphatic carbocycles. The summed E-state index contributed by atoms with van der Waals surface area (Å²) in [4.78, 5) is 0. The minimum Gasteiger partial charge on any atom is -0.389 e. The molecule has 0 saturated heterocycles. The van der Waals surface area contributed by atoms with Gasteiger partial charge in [-0.05, 0) is 48.7 Å². The summed E-state index contributed by atoms with van der Waals surface area (Å²) in [6.45, 7) is 3.47. The highest BCUT2D eigenvalue weighted by Gasteiger charge is 2.23. The third-order valence-electron chi connectivity index (χ3n) is 3.41. The summed E-state index contributed by atoms with van der Waals surface area (Å²) in [6, 6.07) is 10.9. The molecule has 3 heteroatoms. The smallest absolute Gasteiger partial charge is 0.126 e. The molecule has 1 nitrogen and oxygen atoms in total. The van der Waals surface area contributed by atoms with Crippen molar-refractivity contribution < 1.29 is 13.9 Å². The van der Waals surface area contributed by atoms with E-state index in [4.69, 9.17) is 0 Å². The van der Waals surface area contributed by atoms with Gasteiger partial charge in [0.05, 0.1) is 5.60 Å². The zero-order valence-electron chi connectivity index (χ0n) is 11.7. The number of aryl methyl sites for hydroxylation is 1. The Bertz CT molecular complexity index is 606. The highest BCUT2D eigenvalue weighted by Crippen LogP contribution is 2.22. The van der Waals surface area contributed by atoms with Crippen LogP contribution in [0.25, 0.3) is 0 Å². The maximum Gasteiger partial charge on any atom is 0.126 e. The van der Waals surface area contributed by atoms with E-state index in [9.17, 15) is 13.9 Å². The van der Waals surface area contributed by atoms with E-state index in [-0.39, 0.29) is 18.1 Å². The lowest BCUT2D eigenvalue weighted by Gasteiger charge is -2.24. The third-order valence-corrected chi connectivity index (χ3v) is 3.41. The summed E-state index contributed by atoms with van der Waals surface area (Å²) in [6.07, 6.45) is 0.573. The van der Waals surface area contributed by atoms with Gasteiger partial charge in [0.1, 0.15) is 11.6 Å². The predicted molar refractivity (Wildman–Crippen MR) is 75.6 cm³/mol. The molecule has 0 heterocycles. The largest absolute Gasteiger partial charge is 0.389 e. The standard InChI is InChI=1S/C17H18F2O/c1-12-9-15(18)8-7-13(12)10-17(2,20)11-14-5-3-4-6-16(14)19/h3-9,20H,10-11H2,1-2H3. The number of hydrogen-bond donors (Lipinski definition) is 1. The van der Waals surface area contributed by atoms with Crippen LogP contribution in [0.5, 0.6) is 0 Å². The molecule has 0 spiro atoms.